The maximum absolute atomic E-state index is 12.5. The number of nitrogens with zero attached hydrogens (tertiary/aromatic N) is 4. The van der Waals surface area contributed by atoms with E-state index in [1.807, 2.05) is 25.1 Å². The number of thioether (sulfide) groups is 1. The summed E-state index contributed by atoms with van der Waals surface area (Å²) in [6.07, 6.45) is 3.82. The van der Waals surface area contributed by atoms with Gasteiger partial charge >= 0.3 is 0 Å². The summed E-state index contributed by atoms with van der Waals surface area (Å²) >= 11 is 3.04. The van der Waals surface area contributed by atoms with Gasteiger partial charge in [0.25, 0.3) is 0 Å². The van der Waals surface area contributed by atoms with Crippen LogP contribution in [0.3, 0.4) is 0 Å². The lowest BCUT2D eigenvalue weighted by molar-refractivity contribution is 0.102. The molecule has 2 aromatic heterocycles. The smallest absolute Gasteiger partial charge is 0.192 e. The van der Waals surface area contributed by atoms with Crippen molar-refractivity contribution in [3.63, 3.8) is 0 Å². The third-order valence-electron chi connectivity index (χ3n) is 5.14. The second kappa shape index (κ2) is 9.69. The highest BCUT2D eigenvalue weighted by molar-refractivity contribution is 7.99. The first kappa shape index (κ1) is 20.3. The highest BCUT2D eigenvalue weighted by Crippen LogP contribution is 2.23. The van der Waals surface area contributed by atoms with Crippen molar-refractivity contribution < 1.29 is 4.79 Å². The Kier molecular flexibility index (Phi) is 6.79. The molecule has 1 aromatic carbocycles. The Bertz CT molecular complexity index is 945. The Labute approximate surface area is 180 Å². The van der Waals surface area contributed by atoms with Crippen LogP contribution < -0.4 is 0 Å². The van der Waals surface area contributed by atoms with Gasteiger partial charge in [0.2, 0.25) is 0 Å². The van der Waals surface area contributed by atoms with Gasteiger partial charge in [-0.2, -0.15) is 0 Å². The molecule has 0 unspecified atom stereocenters. The number of ketones is 1. The van der Waals surface area contributed by atoms with Crippen LogP contribution in [0.4, 0.5) is 0 Å². The van der Waals surface area contributed by atoms with Gasteiger partial charge in [0.05, 0.1) is 23.7 Å². The summed E-state index contributed by atoms with van der Waals surface area (Å²) in [5.41, 5.74) is 1.22. The molecule has 0 spiro atoms. The second-order valence-electron chi connectivity index (χ2n) is 7.43. The summed E-state index contributed by atoms with van der Waals surface area (Å²) in [6, 6.07) is 14.3. The normalized spacial score (nSPS) is 14.9. The number of benzene rings is 1. The molecule has 1 aliphatic heterocycles. The third-order valence-corrected chi connectivity index (χ3v) is 7.15. The molecule has 152 valence electrons. The molecule has 0 N–H and O–H groups in total. The second-order valence-corrected chi connectivity index (χ2v) is 9.66. The number of carbonyl (C=O) groups excluding carboxylic acids is 1. The van der Waals surface area contributed by atoms with Gasteiger partial charge in [0.1, 0.15) is 5.82 Å². The Hall–Kier alpha value is -1.96. The van der Waals surface area contributed by atoms with E-state index in [0.29, 0.717) is 5.75 Å². The SMILES string of the molecule is Cc1ccc(C(=O)CSc2nnc(CN3CCCCC3)n2Cc2ccccc2)s1. The summed E-state index contributed by atoms with van der Waals surface area (Å²) in [4.78, 5) is 17.0. The van der Waals surface area contributed by atoms with Crippen LogP contribution in [0.5, 0.6) is 0 Å². The average Bonchev–Trinajstić information content (AvgIpc) is 3.34. The number of likely N-dealkylation sites (tertiary alicyclic amines) is 1. The van der Waals surface area contributed by atoms with Crippen LogP contribution in [0.1, 0.15) is 45.2 Å². The standard InChI is InChI=1S/C22H26N4OS2/c1-17-10-11-20(29-17)19(27)16-28-22-24-23-21(15-25-12-6-3-7-13-25)26(22)14-18-8-4-2-5-9-18/h2,4-5,8-11H,3,6-7,12-16H2,1H3. The Morgan fingerprint density at radius 2 is 1.83 bits per heavy atom. The van der Waals surface area contributed by atoms with Crippen molar-refractivity contribution in [3.05, 3.63) is 63.6 Å². The predicted molar refractivity (Wildman–Crippen MR) is 119 cm³/mol. The van der Waals surface area contributed by atoms with Crippen molar-refractivity contribution in [1.29, 1.82) is 0 Å². The van der Waals surface area contributed by atoms with E-state index in [9.17, 15) is 4.79 Å². The van der Waals surface area contributed by atoms with Gasteiger partial charge in [-0.1, -0.05) is 48.5 Å². The van der Waals surface area contributed by atoms with Crippen LogP contribution >= 0.6 is 23.1 Å². The van der Waals surface area contributed by atoms with Gasteiger partial charge in [0.15, 0.2) is 10.9 Å². The van der Waals surface area contributed by atoms with Crippen molar-refractivity contribution in [1.82, 2.24) is 19.7 Å². The van der Waals surface area contributed by atoms with E-state index in [1.165, 1.54) is 36.6 Å². The van der Waals surface area contributed by atoms with Gasteiger partial charge in [-0.25, -0.2) is 0 Å². The fourth-order valence-corrected chi connectivity index (χ4v) is 5.31. The molecule has 0 radical (unpaired) electrons. The molecule has 3 heterocycles. The van der Waals surface area contributed by atoms with E-state index in [4.69, 9.17) is 0 Å². The summed E-state index contributed by atoms with van der Waals surface area (Å²) in [5, 5.41) is 9.77. The molecule has 0 amide bonds. The Morgan fingerprint density at radius 1 is 1.03 bits per heavy atom. The minimum absolute atomic E-state index is 0.153. The lowest BCUT2D eigenvalue weighted by Crippen LogP contribution is -2.30. The van der Waals surface area contributed by atoms with Gasteiger partial charge in [0, 0.05) is 4.88 Å². The number of piperidine rings is 1. The number of thiophene rings is 1. The van der Waals surface area contributed by atoms with Crippen LogP contribution in [0, 0.1) is 6.92 Å². The predicted octanol–water partition coefficient (Wildman–Crippen LogP) is 4.66. The van der Waals surface area contributed by atoms with E-state index in [-0.39, 0.29) is 5.78 Å². The number of hydrogen-bond donors (Lipinski definition) is 0. The number of aryl methyl sites for hydroxylation is 1. The molecule has 0 atom stereocenters. The quantitative estimate of drug-likeness (QED) is 0.387. The van der Waals surface area contributed by atoms with Crippen LogP contribution in [0.15, 0.2) is 47.6 Å². The maximum Gasteiger partial charge on any atom is 0.192 e. The molecule has 4 rings (SSSR count). The van der Waals surface area contributed by atoms with Crippen molar-refractivity contribution in [3.8, 4) is 0 Å². The van der Waals surface area contributed by atoms with Gasteiger partial charge < -0.3 is 4.57 Å². The molecule has 1 fully saturated rings. The van der Waals surface area contributed by atoms with Crippen molar-refractivity contribution in [2.45, 2.75) is 44.4 Å². The average molecular weight is 427 g/mol. The van der Waals surface area contributed by atoms with Gasteiger partial charge in [-0.05, 0) is 50.6 Å². The molecule has 1 aliphatic rings. The third kappa shape index (κ3) is 5.35. The number of Topliss-reactive ketones (excluding diaryl/α,β-unsaturated/α-hetero) is 1. The molecular formula is C22H26N4OS2. The summed E-state index contributed by atoms with van der Waals surface area (Å²) in [6.45, 7) is 5.82. The Morgan fingerprint density at radius 3 is 2.55 bits per heavy atom. The first-order valence-electron chi connectivity index (χ1n) is 10.1. The zero-order chi connectivity index (χ0) is 20.1. The number of aromatic nitrogens is 3. The van der Waals surface area contributed by atoms with E-state index >= 15 is 0 Å². The van der Waals surface area contributed by atoms with Crippen LogP contribution in [0.25, 0.3) is 0 Å². The minimum Gasteiger partial charge on any atom is -0.300 e. The number of rotatable bonds is 8. The number of hydrogen-bond acceptors (Lipinski definition) is 6. The summed E-state index contributed by atoms with van der Waals surface area (Å²) in [7, 11) is 0. The largest absolute Gasteiger partial charge is 0.300 e. The molecule has 0 aliphatic carbocycles. The number of carbonyl (C=O) groups is 1. The molecular weight excluding hydrogens is 400 g/mol. The summed E-state index contributed by atoms with van der Waals surface area (Å²) < 4.78 is 2.18. The monoisotopic (exact) mass is 426 g/mol. The molecule has 0 bridgehead atoms. The molecule has 1 saturated heterocycles. The van der Waals surface area contributed by atoms with Crippen LogP contribution in [-0.4, -0.2) is 44.3 Å². The first-order valence-corrected chi connectivity index (χ1v) is 11.9. The highest BCUT2D eigenvalue weighted by Gasteiger charge is 2.19. The van der Waals surface area contributed by atoms with Crippen molar-refractivity contribution in [2.24, 2.45) is 0 Å². The zero-order valence-corrected chi connectivity index (χ0v) is 18.3. The lowest BCUT2D eigenvalue weighted by atomic mass is 10.1. The van der Waals surface area contributed by atoms with Crippen molar-refractivity contribution >= 4 is 28.9 Å². The van der Waals surface area contributed by atoms with Crippen LogP contribution in [-0.2, 0) is 13.1 Å². The first-order chi connectivity index (χ1) is 14.2. The summed E-state index contributed by atoms with van der Waals surface area (Å²) in [5.74, 6) is 1.52. The lowest BCUT2D eigenvalue weighted by Gasteiger charge is -2.26. The van der Waals surface area contributed by atoms with E-state index in [2.05, 4.69) is 43.9 Å². The van der Waals surface area contributed by atoms with Crippen molar-refractivity contribution in [2.75, 3.05) is 18.8 Å². The molecule has 29 heavy (non-hydrogen) atoms. The maximum atomic E-state index is 12.5. The molecule has 7 heteroatoms. The minimum atomic E-state index is 0.153. The van der Waals surface area contributed by atoms with E-state index < -0.39 is 0 Å². The van der Waals surface area contributed by atoms with Crippen LogP contribution in [0.2, 0.25) is 0 Å². The molecule has 5 nitrogen and oxygen atoms in total. The molecule has 0 saturated carbocycles. The van der Waals surface area contributed by atoms with E-state index in [1.54, 1.807) is 11.3 Å². The highest BCUT2D eigenvalue weighted by atomic mass is 32.2. The van der Waals surface area contributed by atoms with Gasteiger partial charge in [-0.3, -0.25) is 9.69 Å². The van der Waals surface area contributed by atoms with E-state index in [0.717, 1.165) is 46.9 Å². The topological polar surface area (TPSA) is 51.0 Å². The zero-order valence-electron chi connectivity index (χ0n) is 16.7. The fraction of sp³-hybridized carbons (Fsp3) is 0.409. The Balaban J connectivity index is 1.51. The fourth-order valence-electron chi connectivity index (χ4n) is 3.57. The molecule has 3 aromatic rings. The van der Waals surface area contributed by atoms with Gasteiger partial charge in [-0.15, -0.1) is 21.5 Å².